The summed E-state index contributed by atoms with van der Waals surface area (Å²) in [5.74, 6) is 0. The Bertz CT molecular complexity index is 362. The molecule has 94 valence electrons. The molecule has 0 aromatic heterocycles. The van der Waals surface area contributed by atoms with Crippen molar-refractivity contribution in [2.75, 3.05) is 7.11 Å². The van der Waals surface area contributed by atoms with Crippen molar-refractivity contribution in [2.45, 2.75) is 51.4 Å². The second kappa shape index (κ2) is 5.65. The van der Waals surface area contributed by atoms with Gasteiger partial charge in [-0.05, 0) is 37.3 Å². The summed E-state index contributed by atoms with van der Waals surface area (Å²) in [5.41, 5.74) is 2.60. The highest BCUT2D eigenvalue weighted by molar-refractivity contribution is 5.26. The molecule has 1 saturated heterocycles. The lowest BCUT2D eigenvalue weighted by molar-refractivity contribution is -0.0497. The Balaban J connectivity index is 2.16. The van der Waals surface area contributed by atoms with Gasteiger partial charge >= 0.3 is 0 Å². The molecule has 1 aliphatic rings. The fraction of sp³-hybridized carbons (Fsp3) is 0.600. The topological polar surface area (TPSA) is 18.5 Å². The summed E-state index contributed by atoms with van der Waals surface area (Å²) in [4.78, 5) is 0. The van der Waals surface area contributed by atoms with E-state index in [1.54, 1.807) is 7.11 Å². The van der Waals surface area contributed by atoms with Crippen LogP contribution < -0.4 is 0 Å². The molecular formula is C15H22O2. The van der Waals surface area contributed by atoms with Crippen LogP contribution in [0, 0.1) is 0 Å². The molecule has 0 radical (unpaired) electrons. The van der Waals surface area contributed by atoms with E-state index in [1.807, 2.05) is 0 Å². The summed E-state index contributed by atoms with van der Waals surface area (Å²) >= 11 is 0. The van der Waals surface area contributed by atoms with Gasteiger partial charge < -0.3 is 9.47 Å². The van der Waals surface area contributed by atoms with E-state index in [9.17, 15) is 0 Å². The molecule has 2 heteroatoms. The first-order valence-corrected chi connectivity index (χ1v) is 6.51. The molecule has 1 heterocycles. The highest BCUT2D eigenvalue weighted by atomic mass is 16.5. The van der Waals surface area contributed by atoms with Crippen LogP contribution in [0.1, 0.15) is 43.9 Å². The summed E-state index contributed by atoms with van der Waals surface area (Å²) in [7, 11) is 1.77. The van der Waals surface area contributed by atoms with Crippen LogP contribution in [0.4, 0.5) is 0 Å². The van der Waals surface area contributed by atoms with Crippen LogP contribution in [-0.4, -0.2) is 19.3 Å². The van der Waals surface area contributed by atoms with Gasteiger partial charge in [0.05, 0.1) is 12.2 Å². The summed E-state index contributed by atoms with van der Waals surface area (Å²) in [5, 5.41) is 0. The van der Waals surface area contributed by atoms with E-state index < -0.39 is 0 Å². The average Bonchev–Trinajstić information content (AvgIpc) is 2.77. The highest BCUT2D eigenvalue weighted by Crippen LogP contribution is 2.32. The molecule has 2 nitrogen and oxygen atoms in total. The SMILES string of the molecule is CCc1cccc(C(OC)[C@@H]2CC[C@H](C)O2)c1. The predicted octanol–water partition coefficient (Wildman–Crippen LogP) is 3.50. The van der Waals surface area contributed by atoms with E-state index in [1.165, 1.54) is 11.1 Å². The average molecular weight is 234 g/mol. The molecule has 1 aliphatic heterocycles. The number of hydrogen-bond donors (Lipinski definition) is 0. The molecule has 0 amide bonds. The van der Waals surface area contributed by atoms with Crippen LogP contribution in [0.2, 0.25) is 0 Å². The Morgan fingerprint density at radius 2 is 2.24 bits per heavy atom. The van der Waals surface area contributed by atoms with Gasteiger partial charge in [-0.3, -0.25) is 0 Å². The van der Waals surface area contributed by atoms with E-state index >= 15 is 0 Å². The van der Waals surface area contributed by atoms with Crippen molar-refractivity contribution >= 4 is 0 Å². The molecule has 0 aliphatic carbocycles. The third-order valence-electron chi connectivity index (χ3n) is 3.54. The van der Waals surface area contributed by atoms with Crippen LogP contribution in [0.3, 0.4) is 0 Å². The zero-order chi connectivity index (χ0) is 12.3. The van der Waals surface area contributed by atoms with Gasteiger partial charge in [0.15, 0.2) is 0 Å². The van der Waals surface area contributed by atoms with Gasteiger partial charge in [-0.2, -0.15) is 0 Å². The number of methoxy groups -OCH3 is 1. The van der Waals surface area contributed by atoms with Crippen LogP contribution in [0.25, 0.3) is 0 Å². The molecule has 0 bridgehead atoms. The fourth-order valence-corrected chi connectivity index (χ4v) is 2.55. The van der Waals surface area contributed by atoms with Crippen molar-refractivity contribution in [2.24, 2.45) is 0 Å². The van der Waals surface area contributed by atoms with Crippen LogP contribution in [0.15, 0.2) is 24.3 Å². The maximum absolute atomic E-state index is 5.92. The Labute approximate surface area is 104 Å². The molecule has 0 N–H and O–H groups in total. The monoisotopic (exact) mass is 234 g/mol. The van der Waals surface area contributed by atoms with Gasteiger partial charge in [0.25, 0.3) is 0 Å². The summed E-state index contributed by atoms with van der Waals surface area (Å²) in [6.07, 6.45) is 3.95. The number of rotatable bonds is 4. The first-order chi connectivity index (χ1) is 8.24. The minimum Gasteiger partial charge on any atom is -0.374 e. The number of aryl methyl sites for hydroxylation is 1. The molecule has 3 atom stereocenters. The predicted molar refractivity (Wildman–Crippen MR) is 69.1 cm³/mol. The zero-order valence-electron chi connectivity index (χ0n) is 11.0. The molecule has 1 unspecified atom stereocenters. The Morgan fingerprint density at radius 3 is 2.82 bits per heavy atom. The van der Waals surface area contributed by atoms with E-state index in [0.717, 1.165) is 19.3 Å². The largest absolute Gasteiger partial charge is 0.374 e. The lowest BCUT2D eigenvalue weighted by Gasteiger charge is -2.23. The first kappa shape index (κ1) is 12.6. The van der Waals surface area contributed by atoms with Gasteiger partial charge in [0.1, 0.15) is 6.10 Å². The van der Waals surface area contributed by atoms with Gasteiger partial charge in [0, 0.05) is 7.11 Å². The number of benzene rings is 1. The lowest BCUT2D eigenvalue weighted by Crippen LogP contribution is -2.20. The summed E-state index contributed by atoms with van der Waals surface area (Å²) in [6, 6.07) is 8.65. The number of hydrogen-bond acceptors (Lipinski definition) is 2. The molecule has 1 aromatic rings. The Kier molecular flexibility index (Phi) is 4.19. The van der Waals surface area contributed by atoms with Gasteiger partial charge in [0.2, 0.25) is 0 Å². The third-order valence-corrected chi connectivity index (χ3v) is 3.54. The van der Waals surface area contributed by atoms with Crippen molar-refractivity contribution < 1.29 is 9.47 Å². The Hall–Kier alpha value is -0.860. The first-order valence-electron chi connectivity index (χ1n) is 6.51. The zero-order valence-corrected chi connectivity index (χ0v) is 11.0. The normalized spacial score (nSPS) is 26.1. The Morgan fingerprint density at radius 1 is 1.41 bits per heavy atom. The molecule has 1 fully saturated rings. The van der Waals surface area contributed by atoms with Crippen molar-refractivity contribution in [1.29, 1.82) is 0 Å². The quantitative estimate of drug-likeness (QED) is 0.793. The van der Waals surface area contributed by atoms with Gasteiger partial charge in [-0.1, -0.05) is 31.2 Å². The second-order valence-corrected chi connectivity index (χ2v) is 4.82. The molecule has 1 aromatic carbocycles. The third kappa shape index (κ3) is 2.88. The van der Waals surface area contributed by atoms with Crippen molar-refractivity contribution in [1.82, 2.24) is 0 Å². The summed E-state index contributed by atoms with van der Waals surface area (Å²) < 4.78 is 11.6. The molecule has 2 rings (SSSR count). The number of ether oxygens (including phenoxy) is 2. The second-order valence-electron chi connectivity index (χ2n) is 4.82. The molecule has 0 spiro atoms. The van der Waals surface area contributed by atoms with E-state index in [4.69, 9.17) is 9.47 Å². The van der Waals surface area contributed by atoms with Crippen molar-refractivity contribution in [3.63, 3.8) is 0 Å². The fourth-order valence-electron chi connectivity index (χ4n) is 2.55. The molecule has 0 saturated carbocycles. The maximum atomic E-state index is 5.92. The highest BCUT2D eigenvalue weighted by Gasteiger charge is 2.30. The minimum atomic E-state index is 0.0754. The van der Waals surface area contributed by atoms with E-state index in [2.05, 4.69) is 38.1 Å². The van der Waals surface area contributed by atoms with E-state index in [-0.39, 0.29) is 12.2 Å². The van der Waals surface area contributed by atoms with Crippen LogP contribution in [-0.2, 0) is 15.9 Å². The van der Waals surface area contributed by atoms with Crippen molar-refractivity contribution in [3.8, 4) is 0 Å². The van der Waals surface area contributed by atoms with Gasteiger partial charge in [-0.15, -0.1) is 0 Å². The van der Waals surface area contributed by atoms with Crippen molar-refractivity contribution in [3.05, 3.63) is 35.4 Å². The standard InChI is InChI=1S/C15H22O2/c1-4-12-6-5-7-13(10-12)15(16-3)14-9-8-11(2)17-14/h5-7,10-11,14-15H,4,8-9H2,1-3H3/t11-,14-,15?/m0/s1. The lowest BCUT2D eigenvalue weighted by atomic mass is 9.99. The van der Waals surface area contributed by atoms with E-state index in [0.29, 0.717) is 6.10 Å². The smallest absolute Gasteiger partial charge is 0.108 e. The molecular weight excluding hydrogens is 212 g/mol. The minimum absolute atomic E-state index is 0.0754. The van der Waals surface area contributed by atoms with Crippen LogP contribution in [0.5, 0.6) is 0 Å². The molecule has 17 heavy (non-hydrogen) atoms. The maximum Gasteiger partial charge on any atom is 0.108 e. The summed E-state index contributed by atoms with van der Waals surface area (Å²) in [6.45, 7) is 4.31. The van der Waals surface area contributed by atoms with Crippen LogP contribution >= 0.6 is 0 Å². The van der Waals surface area contributed by atoms with Gasteiger partial charge in [-0.25, -0.2) is 0 Å².